The summed E-state index contributed by atoms with van der Waals surface area (Å²) >= 11 is 0. The fourth-order valence-electron chi connectivity index (χ4n) is 2.66. The topological polar surface area (TPSA) is 67.6 Å². The zero-order valence-electron chi connectivity index (χ0n) is 13.1. The van der Waals surface area contributed by atoms with Crippen LogP contribution in [0.1, 0.15) is 45.2 Å². The molecular weight excluding hydrogens is 270 g/mol. The molecule has 0 aromatic carbocycles. The Morgan fingerprint density at radius 3 is 2.67 bits per heavy atom. The van der Waals surface area contributed by atoms with Crippen LogP contribution in [0.5, 0.6) is 0 Å². The van der Waals surface area contributed by atoms with Crippen molar-refractivity contribution in [3.63, 3.8) is 0 Å². The number of rotatable bonds is 3. The molecule has 0 aliphatic carbocycles. The lowest BCUT2D eigenvalue weighted by atomic mass is 9.93. The number of likely N-dealkylation sites (tertiary alicyclic amines) is 1. The van der Waals surface area contributed by atoms with Gasteiger partial charge in [0.25, 0.3) is 0 Å². The van der Waals surface area contributed by atoms with Crippen LogP contribution < -0.4 is 0 Å². The van der Waals surface area contributed by atoms with Crippen molar-refractivity contribution >= 4 is 6.09 Å². The quantitative estimate of drug-likeness (QED) is 0.926. The van der Waals surface area contributed by atoms with Crippen molar-refractivity contribution in [1.29, 1.82) is 0 Å². The van der Waals surface area contributed by atoms with E-state index in [4.69, 9.17) is 9.84 Å². The molecule has 0 unspecified atom stereocenters. The molecule has 1 aliphatic rings. The van der Waals surface area contributed by atoms with E-state index in [0.29, 0.717) is 25.6 Å². The molecule has 21 heavy (non-hydrogen) atoms. The summed E-state index contributed by atoms with van der Waals surface area (Å²) in [6, 6.07) is 2.00. The van der Waals surface area contributed by atoms with Gasteiger partial charge in [0.2, 0.25) is 0 Å². The molecule has 6 nitrogen and oxygen atoms in total. The van der Waals surface area contributed by atoms with Gasteiger partial charge in [-0.3, -0.25) is 4.68 Å². The van der Waals surface area contributed by atoms with Gasteiger partial charge in [0.15, 0.2) is 0 Å². The normalized spacial score (nSPS) is 17.0. The molecule has 1 saturated heterocycles. The molecule has 2 heterocycles. The Morgan fingerprint density at radius 2 is 2.10 bits per heavy atom. The number of nitrogens with zero attached hydrogens (tertiary/aromatic N) is 3. The molecule has 1 aromatic heterocycles. The minimum atomic E-state index is -0.451. The second-order valence-corrected chi connectivity index (χ2v) is 6.44. The highest BCUT2D eigenvalue weighted by Gasteiger charge is 2.28. The third-order valence-electron chi connectivity index (χ3n) is 3.63. The summed E-state index contributed by atoms with van der Waals surface area (Å²) < 4.78 is 7.26. The molecule has 0 atom stereocenters. The molecule has 6 heteroatoms. The Kier molecular flexibility index (Phi) is 4.88. The molecule has 0 saturated carbocycles. The fraction of sp³-hybridized carbons (Fsp3) is 0.733. The van der Waals surface area contributed by atoms with E-state index >= 15 is 0 Å². The van der Waals surface area contributed by atoms with Gasteiger partial charge in [-0.2, -0.15) is 5.10 Å². The van der Waals surface area contributed by atoms with Gasteiger partial charge < -0.3 is 14.7 Å². The third-order valence-corrected chi connectivity index (χ3v) is 3.63. The number of carbonyl (C=O) groups excluding carboxylic acids is 1. The van der Waals surface area contributed by atoms with E-state index < -0.39 is 5.60 Å². The van der Waals surface area contributed by atoms with Crippen LogP contribution in [0.4, 0.5) is 4.79 Å². The smallest absolute Gasteiger partial charge is 0.410 e. The molecule has 1 fully saturated rings. The van der Waals surface area contributed by atoms with Gasteiger partial charge in [0, 0.05) is 30.9 Å². The number of amides is 1. The minimum absolute atomic E-state index is 0.0887. The molecular formula is C15H25N3O3. The monoisotopic (exact) mass is 295 g/mol. The van der Waals surface area contributed by atoms with Crippen molar-refractivity contribution in [2.75, 3.05) is 19.7 Å². The van der Waals surface area contributed by atoms with E-state index in [1.165, 1.54) is 0 Å². The second kappa shape index (κ2) is 6.47. The first kappa shape index (κ1) is 15.8. The maximum atomic E-state index is 12.0. The predicted octanol–water partition coefficient (Wildman–Crippen LogP) is 1.99. The standard InChI is InChI=1S/C15H25N3O3/c1-15(2,3)21-14(20)17-8-5-12(6-9-17)13-4-7-16-18(13)10-11-19/h4,7,12,19H,5-6,8-11H2,1-3H3. The van der Waals surface area contributed by atoms with Crippen LogP contribution >= 0.6 is 0 Å². The van der Waals surface area contributed by atoms with E-state index in [2.05, 4.69) is 5.10 Å². The van der Waals surface area contributed by atoms with E-state index in [-0.39, 0.29) is 12.7 Å². The lowest BCUT2D eigenvalue weighted by Crippen LogP contribution is -2.41. The first-order valence-electron chi connectivity index (χ1n) is 7.51. The maximum Gasteiger partial charge on any atom is 0.410 e. The number of aromatic nitrogens is 2. The van der Waals surface area contributed by atoms with E-state index in [9.17, 15) is 4.79 Å². The summed E-state index contributed by atoms with van der Waals surface area (Å²) in [5, 5.41) is 13.3. The van der Waals surface area contributed by atoms with Gasteiger partial charge in [-0.05, 0) is 39.7 Å². The van der Waals surface area contributed by atoms with Crippen LogP contribution in [-0.4, -0.2) is 51.2 Å². The summed E-state index contributed by atoms with van der Waals surface area (Å²) in [6.07, 6.45) is 3.34. The van der Waals surface area contributed by atoms with Crippen molar-refractivity contribution in [3.05, 3.63) is 18.0 Å². The molecule has 1 N–H and O–H groups in total. The summed E-state index contributed by atoms with van der Waals surface area (Å²) in [4.78, 5) is 13.8. The van der Waals surface area contributed by atoms with E-state index in [0.717, 1.165) is 18.5 Å². The van der Waals surface area contributed by atoms with Crippen LogP contribution in [0.2, 0.25) is 0 Å². The lowest BCUT2D eigenvalue weighted by molar-refractivity contribution is 0.0203. The number of hydrogen-bond acceptors (Lipinski definition) is 4. The van der Waals surface area contributed by atoms with Crippen molar-refractivity contribution < 1.29 is 14.6 Å². The summed E-state index contributed by atoms with van der Waals surface area (Å²) in [5.74, 6) is 0.387. The average molecular weight is 295 g/mol. The van der Waals surface area contributed by atoms with Crippen LogP contribution in [0.3, 0.4) is 0 Å². The highest BCUT2D eigenvalue weighted by atomic mass is 16.6. The first-order chi connectivity index (χ1) is 9.90. The molecule has 1 aromatic rings. The Hall–Kier alpha value is -1.56. The van der Waals surface area contributed by atoms with Gasteiger partial charge in [0.1, 0.15) is 5.60 Å². The van der Waals surface area contributed by atoms with Gasteiger partial charge in [0.05, 0.1) is 13.2 Å². The van der Waals surface area contributed by atoms with Crippen LogP contribution in [-0.2, 0) is 11.3 Å². The van der Waals surface area contributed by atoms with Crippen molar-refractivity contribution in [2.24, 2.45) is 0 Å². The Balaban J connectivity index is 1.91. The van der Waals surface area contributed by atoms with Crippen LogP contribution in [0, 0.1) is 0 Å². The maximum absolute atomic E-state index is 12.0. The van der Waals surface area contributed by atoms with E-state index in [1.54, 1.807) is 11.1 Å². The number of piperidine rings is 1. The lowest BCUT2D eigenvalue weighted by Gasteiger charge is -2.33. The fourth-order valence-corrected chi connectivity index (χ4v) is 2.66. The van der Waals surface area contributed by atoms with Crippen molar-refractivity contribution in [3.8, 4) is 0 Å². The number of carbonyl (C=O) groups is 1. The van der Waals surface area contributed by atoms with E-state index in [1.807, 2.05) is 31.5 Å². The highest BCUT2D eigenvalue weighted by Crippen LogP contribution is 2.28. The Morgan fingerprint density at radius 1 is 1.43 bits per heavy atom. The number of ether oxygens (including phenoxy) is 1. The Bertz CT molecular complexity index is 471. The van der Waals surface area contributed by atoms with Gasteiger partial charge in [-0.1, -0.05) is 0 Å². The SMILES string of the molecule is CC(C)(C)OC(=O)N1CCC(c2ccnn2CCO)CC1. The molecule has 2 rings (SSSR count). The average Bonchev–Trinajstić information content (AvgIpc) is 2.86. The molecule has 0 radical (unpaired) electrons. The van der Waals surface area contributed by atoms with Gasteiger partial charge >= 0.3 is 6.09 Å². The molecule has 1 aliphatic heterocycles. The number of aliphatic hydroxyl groups is 1. The summed E-state index contributed by atoms with van der Waals surface area (Å²) in [5.41, 5.74) is 0.695. The molecule has 0 bridgehead atoms. The van der Waals surface area contributed by atoms with Gasteiger partial charge in [-0.15, -0.1) is 0 Å². The minimum Gasteiger partial charge on any atom is -0.444 e. The van der Waals surface area contributed by atoms with Gasteiger partial charge in [-0.25, -0.2) is 4.79 Å². The molecule has 0 spiro atoms. The van der Waals surface area contributed by atoms with Crippen molar-refractivity contribution in [2.45, 2.75) is 51.7 Å². The first-order valence-corrected chi connectivity index (χ1v) is 7.51. The predicted molar refractivity (Wildman–Crippen MR) is 79.1 cm³/mol. The third kappa shape index (κ3) is 4.20. The number of hydrogen-bond donors (Lipinski definition) is 1. The summed E-state index contributed by atoms with van der Waals surface area (Å²) in [7, 11) is 0. The Labute approximate surface area is 125 Å². The zero-order valence-corrected chi connectivity index (χ0v) is 13.1. The highest BCUT2D eigenvalue weighted by molar-refractivity contribution is 5.68. The van der Waals surface area contributed by atoms with Crippen LogP contribution in [0.15, 0.2) is 12.3 Å². The number of aliphatic hydroxyl groups excluding tert-OH is 1. The van der Waals surface area contributed by atoms with Crippen molar-refractivity contribution in [1.82, 2.24) is 14.7 Å². The molecule has 1 amide bonds. The second-order valence-electron chi connectivity index (χ2n) is 6.44. The zero-order chi connectivity index (χ0) is 15.5. The summed E-state index contributed by atoms with van der Waals surface area (Å²) in [6.45, 7) is 7.65. The largest absolute Gasteiger partial charge is 0.444 e. The molecule has 118 valence electrons. The van der Waals surface area contributed by atoms with Crippen LogP contribution in [0.25, 0.3) is 0 Å².